The maximum atomic E-state index is 5.51. The second kappa shape index (κ2) is 6.55. The lowest BCUT2D eigenvalue weighted by Gasteiger charge is -2.19. The largest absolute Gasteiger partial charge is 0.454 e. The summed E-state index contributed by atoms with van der Waals surface area (Å²) in [6.45, 7) is 3.92. The van der Waals surface area contributed by atoms with Crippen LogP contribution < -0.4 is 20.1 Å². The minimum atomic E-state index is 0.163. The molecule has 0 radical (unpaired) electrons. The monoisotopic (exact) mass is 358 g/mol. The summed E-state index contributed by atoms with van der Waals surface area (Å²) in [5, 5.41) is 7.86. The summed E-state index contributed by atoms with van der Waals surface area (Å²) >= 11 is 1.70. The smallest absolute Gasteiger partial charge is 0.231 e. The molecule has 6 nitrogen and oxygen atoms in total. The molecule has 1 aliphatic heterocycles. The van der Waals surface area contributed by atoms with Crippen LogP contribution in [0.4, 0.5) is 0 Å². The van der Waals surface area contributed by atoms with Gasteiger partial charge in [0.25, 0.3) is 0 Å². The van der Waals surface area contributed by atoms with E-state index in [9.17, 15) is 0 Å². The van der Waals surface area contributed by atoms with Gasteiger partial charge in [0.1, 0.15) is 5.01 Å². The molecule has 0 bridgehead atoms. The van der Waals surface area contributed by atoms with Crippen LogP contribution in [0.5, 0.6) is 11.5 Å². The molecule has 2 aromatic rings. The number of aromatic nitrogens is 1. The maximum absolute atomic E-state index is 5.51. The fraction of sp³-hybridized carbons (Fsp3) is 0.444. The molecule has 2 N–H and O–H groups in total. The van der Waals surface area contributed by atoms with Crippen LogP contribution in [-0.4, -0.2) is 31.3 Å². The van der Waals surface area contributed by atoms with Crippen LogP contribution in [0.15, 0.2) is 29.4 Å². The van der Waals surface area contributed by atoms with Crippen LogP contribution in [-0.2, 0) is 12.0 Å². The molecule has 1 aliphatic carbocycles. The van der Waals surface area contributed by atoms with Crippen molar-refractivity contribution in [1.82, 2.24) is 15.6 Å². The zero-order valence-electron chi connectivity index (χ0n) is 14.5. The third-order valence-electron chi connectivity index (χ3n) is 4.73. The fourth-order valence-electron chi connectivity index (χ4n) is 3.06. The van der Waals surface area contributed by atoms with Crippen molar-refractivity contribution in [2.24, 2.45) is 4.99 Å². The predicted molar refractivity (Wildman–Crippen MR) is 98.5 cm³/mol. The number of rotatable bonds is 5. The van der Waals surface area contributed by atoms with Gasteiger partial charge in [-0.1, -0.05) is 6.07 Å². The standard InChI is InChI=1S/C18H22N4O2S/c1-12-8-20-16(25-12)9-21-17(19-2)22-10-18(5-6-18)13-3-4-14-15(7-13)24-11-23-14/h3-4,7-8H,5-6,9-11H2,1-2H3,(H2,19,21,22). The van der Waals surface area contributed by atoms with E-state index in [4.69, 9.17) is 9.47 Å². The molecule has 25 heavy (non-hydrogen) atoms. The van der Waals surface area contributed by atoms with Crippen molar-refractivity contribution in [2.75, 3.05) is 20.4 Å². The average Bonchev–Trinajstić information content (AvgIpc) is 3.07. The van der Waals surface area contributed by atoms with Crippen molar-refractivity contribution in [2.45, 2.75) is 31.7 Å². The molecular weight excluding hydrogens is 336 g/mol. The Labute approximate surface area is 151 Å². The minimum Gasteiger partial charge on any atom is -0.454 e. The third-order valence-corrected chi connectivity index (χ3v) is 5.65. The van der Waals surface area contributed by atoms with E-state index < -0.39 is 0 Å². The highest BCUT2D eigenvalue weighted by Crippen LogP contribution is 2.49. The summed E-state index contributed by atoms with van der Waals surface area (Å²) in [5.74, 6) is 2.49. The molecular formula is C18H22N4O2S. The van der Waals surface area contributed by atoms with Crippen LogP contribution in [0, 0.1) is 6.92 Å². The van der Waals surface area contributed by atoms with Crippen LogP contribution in [0.1, 0.15) is 28.3 Å². The Balaban J connectivity index is 1.36. The molecule has 2 aliphatic rings. The first kappa shape index (κ1) is 16.2. The van der Waals surface area contributed by atoms with Gasteiger partial charge in [-0.25, -0.2) is 4.98 Å². The Hall–Kier alpha value is -2.28. The summed E-state index contributed by atoms with van der Waals surface area (Å²) in [5.41, 5.74) is 1.46. The van der Waals surface area contributed by atoms with E-state index in [2.05, 4.69) is 39.7 Å². The van der Waals surface area contributed by atoms with Crippen LogP contribution in [0.25, 0.3) is 0 Å². The molecule has 132 valence electrons. The summed E-state index contributed by atoms with van der Waals surface area (Å²) in [4.78, 5) is 9.91. The summed E-state index contributed by atoms with van der Waals surface area (Å²) in [7, 11) is 1.79. The summed E-state index contributed by atoms with van der Waals surface area (Å²) in [6, 6.07) is 6.28. The zero-order chi connectivity index (χ0) is 17.3. The van der Waals surface area contributed by atoms with E-state index in [1.165, 1.54) is 23.3 Å². The van der Waals surface area contributed by atoms with Crippen LogP contribution in [0.2, 0.25) is 0 Å². The number of hydrogen-bond acceptors (Lipinski definition) is 5. The average molecular weight is 358 g/mol. The normalized spacial score (nSPS) is 17.4. The highest BCUT2D eigenvalue weighted by atomic mass is 32.1. The number of aryl methyl sites for hydroxylation is 1. The van der Waals surface area contributed by atoms with Gasteiger partial charge in [0.2, 0.25) is 6.79 Å². The van der Waals surface area contributed by atoms with Crippen molar-refractivity contribution in [3.63, 3.8) is 0 Å². The number of ether oxygens (including phenoxy) is 2. The van der Waals surface area contributed by atoms with E-state index in [0.717, 1.165) is 29.0 Å². The van der Waals surface area contributed by atoms with Gasteiger partial charge in [-0.15, -0.1) is 11.3 Å². The molecule has 0 saturated heterocycles. The third kappa shape index (κ3) is 3.42. The van der Waals surface area contributed by atoms with Crippen molar-refractivity contribution >= 4 is 17.3 Å². The number of nitrogens with one attached hydrogen (secondary N) is 2. The quantitative estimate of drug-likeness (QED) is 0.635. The SMILES string of the molecule is CN=C(NCc1ncc(C)s1)NCC1(c2ccc3c(c2)OCO3)CC1. The Morgan fingerprint density at radius 1 is 1.28 bits per heavy atom. The molecule has 1 aromatic heterocycles. The fourth-order valence-corrected chi connectivity index (χ4v) is 3.79. The van der Waals surface area contributed by atoms with Gasteiger partial charge in [0.05, 0.1) is 6.54 Å². The van der Waals surface area contributed by atoms with Gasteiger partial charge in [0, 0.05) is 30.1 Å². The summed E-state index contributed by atoms with van der Waals surface area (Å²) in [6.07, 6.45) is 4.24. The molecule has 0 spiro atoms. The molecule has 0 amide bonds. The second-order valence-electron chi connectivity index (χ2n) is 6.49. The molecule has 1 fully saturated rings. The number of benzene rings is 1. The number of hydrogen-bond donors (Lipinski definition) is 2. The molecule has 1 aromatic carbocycles. The first-order valence-electron chi connectivity index (χ1n) is 8.44. The number of fused-ring (bicyclic) bond motifs is 1. The molecule has 4 rings (SSSR count). The number of nitrogens with zero attached hydrogens (tertiary/aromatic N) is 2. The lowest BCUT2D eigenvalue weighted by molar-refractivity contribution is 0.174. The maximum Gasteiger partial charge on any atom is 0.231 e. The Morgan fingerprint density at radius 2 is 2.12 bits per heavy atom. The van der Waals surface area contributed by atoms with Crippen molar-refractivity contribution < 1.29 is 9.47 Å². The minimum absolute atomic E-state index is 0.163. The number of guanidine groups is 1. The van der Waals surface area contributed by atoms with E-state index >= 15 is 0 Å². The second-order valence-corrected chi connectivity index (χ2v) is 7.81. The first-order valence-corrected chi connectivity index (χ1v) is 9.26. The molecule has 0 unspecified atom stereocenters. The van der Waals surface area contributed by atoms with Gasteiger partial charge < -0.3 is 20.1 Å². The van der Waals surface area contributed by atoms with Gasteiger partial charge >= 0.3 is 0 Å². The zero-order valence-corrected chi connectivity index (χ0v) is 15.3. The van der Waals surface area contributed by atoms with Gasteiger partial charge in [-0.05, 0) is 37.5 Å². The molecule has 1 saturated carbocycles. The van der Waals surface area contributed by atoms with E-state index in [1.807, 2.05) is 12.3 Å². The van der Waals surface area contributed by atoms with E-state index in [-0.39, 0.29) is 5.41 Å². The van der Waals surface area contributed by atoms with Crippen LogP contribution >= 0.6 is 11.3 Å². The van der Waals surface area contributed by atoms with E-state index in [0.29, 0.717) is 13.3 Å². The summed E-state index contributed by atoms with van der Waals surface area (Å²) < 4.78 is 10.9. The van der Waals surface area contributed by atoms with Crippen LogP contribution in [0.3, 0.4) is 0 Å². The Kier molecular flexibility index (Phi) is 4.25. The number of aliphatic imine (C=N–C) groups is 1. The lowest BCUT2D eigenvalue weighted by atomic mass is 9.95. The van der Waals surface area contributed by atoms with E-state index in [1.54, 1.807) is 18.4 Å². The predicted octanol–water partition coefficient (Wildman–Crippen LogP) is 2.58. The lowest BCUT2D eigenvalue weighted by Crippen LogP contribution is -2.40. The van der Waals surface area contributed by atoms with Crippen molar-refractivity contribution in [1.29, 1.82) is 0 Å². The number of thiazole rings is 1. The Morgan fingerprint density at radius 3 is 2.84 bits per heavy atom. The first-order chi connectivity index (χ1) is 12.2. The topological polar surface area (TPSA) is 67.8 Å². The Bertz CT molecular complexity index is 798. The molecule has 7 heteroatoms. The van der Waals surface area contributed by atoms with Gasteiger partial charge in [0.15, 0.2) is 17.5 Å². The van der Waals surface area contributed by atoms with Gasteiger partial charge in [-0.3, -0.25) is 4.99 Å². The van der Waals surface area contributed by atoms with Gasteiger partial charge in [-0.2, -0.15) is 0 Å². The van der Waals surface area contributed by atoms with Crippen molar-refractivity contribution in [3.05, 3.63) is 39.8 Å². The molecule has 0 atom stereocenters. The molecule has 2 heterocycles. The highest BCUT2D eigenvalue weighted by Gasteiger charge is 2.44. The van der Waals surface area contributed by atoms with Crippen molar-refractivity contribution in [3.8, 4) is 11.5 Å². The highest BCUT2D eigenvalue weighted by molar-refractivity contribution is 7.11.